The number of rotatable bonds is 0. The fourth-order valence-corrected chi connectivity index (χ4v) is 2.12. The average molecular weight is 333 g/mol. The first kappa shape index (κ1) is 34.4. The highest BCUT2D eigenvalue weighted by atomic mass is 14.0. The van der Waals surface area contributed by atoms with Crippen molar-refractivity contribution in [3.63, 3.8) is 0 Å². The molecule has 0 radical (unpaired) electrons. The molecule has 0 saturated heterocycles. The maximum Gasteiger partial charge on any atom is -0.0533 e. The SMILES string of the molecule is C1CCCCC1.C1CCCCC1.CC.CC.CC.CC.CCC. The first-order chi connectivity index (χ1) is 11.4. The molecular formula is C23H56. The fraction of sp³-hybridized carbons (Fsp3) is 1.00. The van der Waals surface area contributed by atoms with Crippen LogP contribution in [-0.4, -0.2) is 0 Å². The van der Waals surface area contributed by atoms with Crippen molar-refractivity contribution in [2.24, 2.45) is 0 Å². The van der Waals surface area contributed by atoms with E-state index in [0.717, 1.165) is 0 Å². The zero-order valence-corrected chi connectivity index (χ0v) is 19.2. The van der Waals surface area contributed by atoms with Crippen molar-refractivity contribution < 1.29 is 0 Å². The molecule has 2 aliphatic rings. The predicted octanol–water partition coefficient (Wildman–Crippen LogP) is 10.2. The van der Waals surface area contributed by atoms with Crippen molar-refractivity contribution in [2.75, 3.05) is 0 Å². The van der Waals surface area contributed by atoms with Crippen LogP contribution < -0.4 is 0 Å². The quantitative estimate of drug-likeness (QED) is 0.414. The molecule has 2 aliphatic carbocycles. The molecule has 0 aromatic carbocycles. The summed E-state index contributed by atoms with van der Waals surface area (Å²) in [6, 6.07) is 0. The van der Waals surface area contributed by atoms with Crippen molar-refractivity contribution in [3.05, 3.63) is 0 Å². The highest BCUT2D eigenvalue weighted by Crippen LogP contribution is 2.15. The Balaban J connectivity index is -0.0000000598. The van der Waals surface area contributed by atoms with Gasteiger partial charge in [0, 0.05) is 0 Å². The van der Waals surface area contributed by atoms with E-state index in [-0.39, 0.29) is 0 Å². The molecule has 2 fully saturated rings. The average Bonchev–Trinajstić information content (AvgIpc) is 2.72. The largest absolute Gasteiger partial charge is 0.0683 e. The Labute approximate surface area is 153 Å². The van der Waals surface area contributed by atoms with Gasteiger partial charge in [-0.15, -0.1) is 0 Å². The lowest BCUT2D eigenvalue weighted by atomic mass is 10.0. The Bertz CT molecular complexity index is 53.2. The Morgan fingerprint density at radius 3 is 0.391 bits per heavy atom. The van der Waals surface area contributed by atoms with Crippen LogP contribution in [0.1, 0.15) is 153 Å². The Hall–Kier alpha value is 0. The standard InChI is InChI=1S/2C6H12.C3H8.4C2H6/c2*1-2-4-6-5-3-1;1-3-2;4*1-2/h2*1-6H2;3H2,1-2H3;4*1-2H3. The summed E-state index contributed by atoms with van der Waals surface area (Å²) in [5.74, 6) is 0. The number of hydrogen-bond acceptors (Lipinski definition) is 0. The van der Waals surface area contributed by atoms with Gasteiger partial charge in [-0.1, -0.05) is 153 Å². The van der Waals surface area contributed by atoms with Crippen LogP contribution in [0.4, 0.5) is 0 Å². The summed E-state index contributed by atoms with van der Waals surface area (Å²) in [6.45, 7) is 20.2. The van der Waals surface area contributed by atoms with Crippen LogP contribution in [0.15, 0.2) is 0 Å². The summed E-state index contributed by atoms with van der Waals surface area (Å²) >= 11 is 0. The second kappa shape index (κ2) is 57.4. The summed E-state index contributed by atoms with van der Waals surface area (Å²) < 4.78 is 0. The third-order valence-corrected chi connectivity index (χ3v) is 3.00. The Morgan fingerprint density at radius 1 is 0.304 bits per heavy atom. The van der Waals surface area contributed by atoms with Crippen molar-refractivity contribution >= 4 is 0 Å². The van der Waals surface area contributed by atoms with E-state index in [0.29, 0.717) is 0 Å². The van der Waals surface area contributed by atoms with E-state index in [1.54, 1.807) is 0 Å². The zero-order valence-electron chi connectivity index (χ0n) is 19.2. The monoisotopic (exact) mass is 332 g/mol. The van der Waals surface area contributed by atoms with Gasteiger partial charge in [0.05, 0.1) is 0 Å². The smallest absolute Gasteiger partial charge is 0.0533 e. The van der Waals surface area contributed by atoms with E-state index < -0.39 is 0 Å². The van der Waals surface area contributed by atoms with Gasteiger partial charge in [0.2, 0.25) is 0 Å². The summed E-state index contributed by atoms with van der Waals surface area (Å²) in [7, 11) is 0. The highest BCUT2D eigenvalue weighted by Gasteiger charge is 1.96. The van der Waals surface area contributed by atoms with E-state index in [2.05, 4.69) is 13.8 Å². The van der Waals surface area contributed by atoms with E-state index in [1.165, 1.54) is 83.5 Å². The van der Waals surface area contributed by atoms with Gasteiger partial charge in [-0.25, -0.2) is 0 Å². The van der Waals surface area contributed by atoms with Crippen molar-refractivity contribution in [2.45, 2.75) is 153 Å². The summed E-state index contributed by atoms with van der Waals surface area (Å²) in [6.07, 6.45) is 19.2. The molecule has 0 unspecified atom stereocenters. The Morgan fingerprint density at radius 2 is 0.348 bits per heavy atom. The molecule has 23 heavy (non-hydrogen) atoms. The van der Waals surface area contributed by atoms with E-state index in [4.69, 9.17) is 0 Å². The zero-order chi connectivity index (χ0) is 19.2. The van der Waals surface area contributed by atoms with Gasteiger partial charge < -0.3 is 0 Å². The van der Waals surface area contributed by atoms with Crippen LogP contribution in [0.3, 0.4) is 0 Å². The molecule has 0 aromatic rings. The molecule has 0 N–H and O–H groups in total. The second-order valence-corrected chi connectivity index (χ2v) is 4.95. The van der Waals surface area contributed by atoms with Gasteiger partial charge in [-0.2, -0.15) is 0 Å². The topological polar surface area (TPSA) is 0 Å². The normalized spacial score (nSPS) is 14.3. The van der Waals surface area contributed by atoms with Gasteiger partial charge in [-0.3, -0.25) is 0 Å². The van der Waals surface area contributed by atoms with Crippen LogP contribution in [0, 0.1) is 0 Å². The van der Waals surface area contributed by atoms with Crippen LogP contribution in [-0.2, 0) is 0 Å². The molecular weight excluding hydrogens is 276 g/mol. The number of hydrogen-bond donors (Lipinski definition) is 0. The third kappa shape index (κ3) is 61.1. The molecule has 0 spiro atoms. The lowest BCUT2D eigenvalue weighted by Gasteiger charge is -2.05. The molecule has 0 aliphatic heterocycles. The molecule has 2 saturated carbocycles. The first-order valence-corrected chi connectivity index (χ1v) is 11.4. The molecule has 0 atom stereocenters. The minimum Gasteiger partial charge on any atom is -0.0683 e. The summed E-state index contributed by atoms with van der Waals surface area (Å²) in [5, 5.41) is 0. The molecule has 0 aromatic heterocycles. The van der Waals surface area contributed by atoms with E-state index in [9.17, 15) is 0 Å². The minimum atomic E-state index is 1.25. The van der Waals surface area contributed by atoms with E-state index >= 15 is 0 Å². The minimum absolute atomic E-state index is 1.25. The maximum absolute atomic E-state index is 2.12. The molecule has 0 nitrogen and oxygen atoms in total. The van der Waals surface area contributed by atoms with Gasteiger partial charge in [0.25, 0.3) is 0 Å². The molecule has 0 heterocycles. The first-order valence-electron chi connectivity index (χ1n) is 11.4. The van der Waals surface area contributed by atoms with Crippen LogP contribution in [0.2, 0.25) is 0 Å². The summed E-state index contributed by atoms with van der Waals surface area (Å²) in [4.78, 5) is 0. The lowest BCUT2D eigenvalue weighted by Crippen LogP contribution is -1.85. The molecule has 148 valence electrons. The van der Waals surface area contributed by atoms with E-state index in [1.807, 2.05) is 55.4 Å². The van der Waals surface area contributed by atoms with Gasteiger partial charge >= 0.3 is 0 Å². The van der Waals surface area contributed by atoms with Crippen LogP contribution in [0.5, 0.6) is 0 Å². The molecule has 0 bridgehead atoms. The predicted molar refractivity (Wildman–Crippen MR) is 117 cm³/mol. The lowest BCUT2D eigenvalue weighted by molar-refractivity contribution is 0.504. The second-order valence-electron chi connectivity index (χ2n) is 4.95. The fourth-order valence-electron chi connectivity index (χ4n) is 2.12. The van der Waals surface area contributed by atoms with Crippen LogP contribution in [0.25, 0.3) is 0 Å². The van der Waals surface area contributed by atoms with Crippen LogP contribution >= 0.6 is 0 Å². The highest BCUT2D eigenvalue weighted by molar-refractivity contribution is 4.51. The maximum atomic E-state index is 2.12. The van der Waals surface area contributed by atoms with Gasteiger partial charge in [-0.05, 0) is 0 Å². The summed E-state index contributed by atoms with van der Waals surface area (Å²) in [5.41, 5.74) is 0. The van der Waals surface area contributed by atoms with Gasteiger partial charge in [0.1, 0.15) is 0 Å². The third-order valence-electron chi connectivity index (χ3n) is 3.00. The molecule has 0 heteroatoms. The molecule has 2 rings (SSSR count). The Kier molecular flexibility index (Phi) is 85.8. The van der Waals surface area contributed by atoms with Crippen molar-refractivity contribution in [3.8, 4) is 0 Å². The van der Waals surface area contributed by atoms with Crippen molar-refractivity contribution in [1.29, 1.82) is 0 Å². The van der Waals surface area contributed by atoms with Gasteiger partial charge in [0.15, 0.2) is 0 Å². The van der Waals surface area contributed by atoms with Crippen molar-refractivity contribution in [1.82, 2.24) is 0 Å². The molecule has 0 amide bonds.